The Bertz CT molecular complexity index is 496. The molecule has 0 bridgehead atoms. The van der Waals surface area contributed by atoms with Crippen molar-refractivity contribution in [1.82, 2.24) is 10.2 Å². The minimum absolute atomic E-state index is 0.0897. The topological polar surface area (TPSA) is 67.6 Å². The molecule has 1 saturated carbocycles. The van der Waals surface area contributed by atoms with Crippen molar-refractivity contribution in [3.63, 3.8) is 0 Å². The molecule has 5 nitrogen and oxygen atoms in total. The van der Waals surface area contributed by atoms with Crippen LogP contribution >= 0.6 is 0 Å². The van der Waals surface area contributed by atoms with E-state index in [1.165, 1.54) is 6.42 Å². The van der Waals surface area contributed by atoms with E-state index in [2.05, 4.69) is 24.3 Å². The van der Waals surface area contributed by atoms with E-state index in [-0.39, 0.29) is 11.4 Å². The van der Waals surface area contributed by atoms with E-state index in [4.69, 9.17) is 10.5 Å². The normalized spacial score (nSPS) is 16.6. The Hall–Kier alpha value is -1.75. The van der Waals surface area contributed by atoms with Gasteiger partial charge in [-0.3, -0.25) is 4.79 Å². The number of nitrogen functional groups attached to an aromatic ring is 1. The van der Waals surface area contributed by atoms with Crippen molar-refractivity contribution >= 4 is 11.6 Å². The Morgan fingerprint density at radius 2 is 2.15 bits per heavy atom. The molecule has 0 aromatic heterocycles. The van der Waals surface area contributed by atoms with Crippen LogP contribution in [0.3, 0.4) is 0 Å². The van der Waals surface area contributed by atoms with Crippen LogP contribution in [-0.2, 0) is 0 Å². The smallest absolute Gasteiger partial charge is 0.257 e. The number of hydrogen-bond acceptors (Lipinski definition) is 4. The molecule has 1 fully saturated rings. The lowest BCUT2D eigenvalue weighted by Gasteiger charge is -2.47. The van der Waals surface area contributed by atoms with Crippen molar-refractivity contribution in [3.05, 3.63) is 23.8 Å². The standard InChI is InChI=1S/C15H23N3O2/c1-18(2)15(8-5-9-15)10-17-14(19)13-11(16)6-4-7-12(13)20-3/h4,6-7H,5,8-10,16H2,1-3H3,(H,17,19). The van der Waals surface area contributed by atoms with E-state index >= 15 is 0 Å². The lowest BCUT2D eigenvalue weighted by atomic mass is 9.75. The predicted molar refractivity (Wildman–Crippen MR) is 80.0 cm³/mol. The number of carbonyl (C=O) groups is 1. The van der Waals surface area contributed by atoms with E-state index in [0.717, 1.165) is 12.8 Å². The fourth-order valence-electron chi connectivity index (χ4n) is 2.66. The van der Waals surface area contributed by atoms with Crippen molar-refractivity contribution in [3.8, 4) is 5.75 Å². The Morgan fingerprint density at radius 1 is 1.45 bits per heavy atom. The van der Waals surface area contributed by atoms with Gasteiger partial charge in [-0.15, -0.1) is 0 Å². The highest BCUT2D eigenvalue weighted by Gasteiger charge is 2.39. The fraction of sp³-hybridized carbons (Fsp3) is 0.533. The molecule has 0 saturated heterocycles. The van der Waals surface area contributed by atoms with Gasteiger partial charge in [-0.1, -0.05) is 6.07 Å². The number of likely N-dealkylation sites (N-methyl/N-ethyl adjacent to an activating group) is 1. The summed E-state index contributed by atoms with van der Waals surface area (Å²) in [6, 6.07) is 5.23. The highest BCUT2D eigenvalue weighted by molar-refractivity contribution is 6.01. The van der Waals surface area contributed by atoms with Gasteiger partial charge in [0.05, 0.1) is 7.11 Å². The fourth-order valence-corrected chi connectivity index (χ4v) is 2.66. The zero-order valence-corrected chi connectivity index (χ0v) is 12.4. The van der Waals surface area contributed by atoms with Gasteiger partial charge in [0, 0.05) is 17.8 Å². The molecule has 0 heterocycles. The third kappa shape index (κ3) is 2.58. The molecule has 0 radical (unpaired) electrons. The van der Waals surface area contributed by atoms with Gasteiger partial charge in [0.25, 0.3) is 5.91 Å². The maximum Gasteiger partial charge on any atom is 0.257 e. The van der Waals surface area contributed by atoms with Crippen molar-refractivity contribution in [2.24, 2.45) is 0 Å². The van der Waals surface area contributed by atoms with E-state index in [1.54, 1.807) is 25.3 Å². The minimum Gasteiger partial charge on any atom is -0.496 e. The second kappa shape index (κ2) is 5.71. The van der Waals surface area contributed by atoms with E-state index < -0.39 is 0 Å². The highest BCUT2D eigenvalue weighted by atomic mass is 16.5. The van der Waals surface area contributed by atoms with Crippen LogP contribution in [0.15, 0.2) is 18.2 Å². The molecule has 3 N–H and O–H groups in total. The van der Waals surface area contributed by atoms with Crippen molar-refractivity contribution in [2.45, 2.75) is 24.8 Å². The van der Waals surface area contributed by atoms with E-state index in [1.807, 2.05) is 0 Å². The number of nitrogens with two attached hydrogens (primary N) is 1. The molecule has 20 heavy (non-hydrogen) atoms. The predicted octanol–water partition coefficient (Wildman–Crippen LogP) is 1.49. The molecule has 0 aliphatic heterocycles. The summed E-state index contributed by atoms with van der Waals surface area (Å²) in [6.45, 7) is 0.635. The number of amides is 1. The first-order valence-electron chi connectivity index (χ1n) is 6.88. The molecular formula is C15H23N3O2. The molecule has 1 amide bonds. The largest absolute Gasteiger partial charge is 0.496 e. The molecule has 1 aliphatic carbocycles. The van der Waals surface area contributed by atoms with Crippen LogP contribution in [-0.4, -0.2) is 44.1 Å². The van der Waals surface area contributed by atoms with Crippen molar-refractivity contribution in [1.29, 1.82) is 0 Å². The van der Waals surface area contributed by atoms with Crippen LogP contribution in [0.4, 0.5) is 5.69 Å². The number of rotatable bonds is 5. The highest BCUT2D eigenvalue weighted by Crippen LogP contribution is 2.35. The Balaban J connectivity index is 2.09. The molecule has 110 valence electrons. The number of hydrogen-bond donors (Lipinski definition) is 2. The van der Waals surface area contributed by atoms with Crippen LogP contribution in [0.5, 0.6) is 5.75 Å². The van der Waals surface area contributed by atoms with Gasteiger partial charge in [-0.25, -0.2) is 0 Å². The average Bonchev–Trinajstić information content (AvgIpc) is 2.36. The van der Waals surface area contributed by atoms with Gasteiger partial charge in [-0.2, -0.15) is 0 Å². The summed E-state index contributed by atoms with van der Waals surface area (Å²) in [5, 5.41) is 3.00. The summed E-state index contributed by atoms with van der Waals surface area (Å²) in [4.78, 5) is 14.6. The summed E-state index contributed by atoms with van der Waals surface area (Å²) in [5.74, 6) is 0.336. The zero-order chi connectivity index (χ0) is 14.8. The van der Waals surface area contributed by atoms with Gasteiger partial charge >= 0.3 is 0 Å². The van der Waals surface area contributed by atoms with Crippen LogP contribution in [0.25, 0.3) is 0 Å². The SMILES string of the molecule is COc1cccc(N)c1C(=O)NCC1(N(C)C)CCC1. The van der Waals surface area contributed by atoms with Crippen LogP contribution in [0.2, 0.25) is 0 Å². The zero-order valence-electron chi connectivity index (χ0n) is 12.4. The summed E-state index contributed by atoms with van der Waals surface area (Å²) >= 11 is 0. The summed E-state index contributed by atoms with van der Waals surface area (Å²) in [7, 11) is 5.66. The second-order valence-electron chi connectivity index (χ2n) is 5.58. The third-order valence-electron chi connectivity index (χ3n) is 4.32. The third-order valence-corrected chi connectivity index (χ3v) is 4.32. The number of ether oxygens (including phenoxy) is 1. The number of anilines is 1. The number of methoxy groups -OCH3 is 1. The molecule has 2 rings (SSSR count). The molecule has 1 aliphatic rings. The lowest BCUT2D eigenvalue weighted by Crippen LogP contribution is -2.57. The van der Waals surface area contributed by atoms with E-state index in [0.29, 0.717) is 23.5 Å². The first-order chi connectivity index (χ1) is 9.50. The Labute approximate surface area is 120 Å². The minimum atomic E-state index is -0.173. The van der Waals surface area contributed by atoms with E-state index in [9.17, 15) is 4.79 Å². The van der Waals surface area contributed by atoms with Gasteiger partial charge in [0.15, 0.2) is 0 Å². The summed E-state index contributed by atoms with van der Waals surface area (Å²) in [5.41, 5.74) is 6.84. The molecule has 0 spiro atoms. The van der Waals surface area contributed by atoms with Gasteiger partial charge in [0.1, 0.15) is 11.3 Å². The molecule has 1 aromatic carbocycles. The number of benzene rings is 1. The summed E-state index contributed by atoms with van der Waals surface area (Å²) in [6.07, 6.45) is 3.44. The lowest BCUT2D eigenvalue weighted by molar-refractivity contribution is 0.0557. The average molecular weight is 277 g/mol. The molecule has 5 heteroatoms. The van der Waals surface area contributed by atoms with Gasteiger partial charge in [0.2, 0.25) is 0 Å². The molecular weight excluding hydrogens is 254 g/mol. The molecule has 0 unspecified atom stereocenters. The quantitative estimate of drug-likeness (QED) is 0.800. The number of nitrogens with zero attached hydrogens (tertiary/aromatic N) is 1. The van der Waals surface area contributed by atoms with Crippen LogP contribution in [0, 0.1) is 0 Å². The van der Waals surface area contributed by atoms with Gasteiger partial charge < -0.3 is 20.7 Å². The van der Waals surface area contributed by atoms with Crippen molar-refractivity contribution < 1.29 is 9.53 Å². The van der Waals surface area contributed by atoms with Crippen LogP contribution in [0.1, 0.15) is 29.6 Å². The Morgan fingerprint density at radius 3 is 2.65 bits per heavy atom. The first kappa shape index (κ1) is 14.7. The second-order valence-corrected chi connectivity index (χ2v) is 5.58. The van der Waals surface area contributed by atoms with Crippen molar-refractivity contribution in [2.75, 3.05) is 33.5 Å². The molecule has 0 atom stereocenters. The maximum absolute atomic E-state index is 12.4. The Kier molecular flexibility index (Phi) is 4.18. The molecule has 1 aromatic rings. The number of nitrogens with one attached hydrogen (secondary N) is 1. The number of carbonyl (C=O) groups excluding carboxylic acids is 1. The first-order valence-corrected chi connectivity index (χ1v) is 6.88. The maximum atomic E-state index is 12.4. The van der Waals surface area contributed by atoms with Crippen LogP contribution < -0.4 is 15.8 Å². The van der Waals surface area contributed by atoms with Gasteiger partial charge in [-0.05, 0) is 45.5 Å². The summed E-state index contributed by atoms with van der Waals surface area (Å²) < 4.78 is 5.22. The monoisotopic (exact) mass is 277 g/mol.